The second-order valence-corrected chi connectivity index (χ2v) is 5.21. The van der Waals surface area contributed by atoms with Gasteiger partial charge in [0.25, 0.3) is 11.5 Å². The van der Waals surface area contributed by atoms with Crippen molar-refractivity contribution in [1.82, 2.24) is 15.1 Å². The number of hydrogen-bond donors (Lipinski definition) is 1. The van der Waals surface area contributed by atoms with Gasteiger partial charge < -0.3 is 0 Å². The summed E-state index contributed by atoms with van der Waals surface area (Å²) in [5.74, 6) is -0.772. The summed E-state index contributed by atoms with van der Waals surface area (Å²) in [5, 5.41) is 6.41. The standard InChI is InChI=1S/C16H15N3O3/c20-14-8-4-7-13(16(22)18-14)19-15(21)9-12(10-17-19)11-5-2-1-3-6-11/h1-3,5-6,9-10,13H,4,7-8H2,(H,18,20,22). The number of aromatic nitrogens is 2. The zero-order chi connectivity index (χ0) is 15.5. The molecule has 1 aromatic heterocycles. The highest BCUT2D eigenvalue weighted by atomic mass is 16.2. The third-order valence-electron chi connectivity index (χ3n) is 3.68. The van der Waals surface area contributed by atoms with Gasteiger partial charge in [0.2, 0.25) is 5.91 Å². The molecule has 2 aromatic rings. The third-order valence-corrected chi connectivity index (χ3v) is 3.68. The molecule has 6 nitrogen and oxygen atoms in total. The molecule has 0 aliphatic carbocycles. The minimum absolute atomic E-state index is 0.291. The van der Waals surface area contributed by atoms with Crippen LogP contribution in [0.25, 0.3) is 11.1 Å². The van der Waals surface area contributed by atoms with Crippen LogP contribution in [0, 0.1) is 0 Å². The maximum absolute atomic E-state index is 12.3. The Morgan fingerprint density at radius 1 is 1.09 bits per heavy atom. The van der Waals surface area contributed by atoms with E-state index in [-0.39, 0.29) is 11.5 Å². The highest BCUT2D eigenvalue weighted by Crippen LogP contribution is 2.19. The molecule has 2 amide bonds. The maximum Gasteiger partial charge on any atom is 0.268 e. The largest absolute Gasteiger partial charge is 0.295 e. The van der Waals surface area contributed by atoms with Crippen molar-refractivity contribution < 1.29 is 9.59 Å². The van der Waals surface area contributed by atoms with E-state index < -0.39 is 11.9 Å². The Labute approximate surface area is 126 Å². The molecule has 1 aliphatic heterocycles. The van der Waals surface area contributed by atoms with Gasteiger partial charge in [-0.05, 0) is 18.4 Å². The average Bonchev–Trinajstić information content (AvgIpc) is 2.68. The number of amides is 2. The topological polar surface area (TPSA) is 81.1 Å². The van der Waals surface area contributed by atoms with Gasteiger partial charge in [-0.15, -0.1) is 0 Å². The number of imide groups is 1. The van der Waals surface area contributed by atoms with Gasteiger partial charge in [0.05, 0.1) is 6.20 Å². The molecule has 1 atom stereocenters. The van der Waals surface area contributed by atoms with Crippen molar-refractivity contribution in [3.05, 3.63) is 52.9 Å². The molecule has 1 aliphatic rings. The number of carbonyl (C=O) groups excluding carboxylic acids is 2. The lowest BCUT2D eigenvalue weighted by atomic mass is 10.1. The van der Waals surface area contributed by atoms with Gasteiger partial charge in [-0.25, -0.2) is 4.68 Å². The zero-order valence-electron chi connectivity index (χ0n) is 11.9. The first-order valence-corrected chi connectivity index (χ1v) is 7.13. The van der Waals surface area contributed by atoms with E-state index >= 15 is 0 Å². The van der Waals surface area contributed by atoms with Crippen LogP contribution < -0.4 is 10.9 Å². The fraction of sp³-hybridized carbons (Fsp3) is 0.250. The van der Waals surface area contributed by atoms with Crippen LogP contribution in [-0.2, 0) is 9.59 Å². The molecule has 2 heterocycles. The number of hydrogen-bond acceptors (Lipinski definition) is 4. The van der Waals surface area contributed by atoms with E-state index in [1.165, 1.54) is 6.07 Å². The molecule has 1 unspecified atom stereocenters. The monoisotopic (exact) mass is 297 g/mol. The van der Waals surface area contributed by atoms with Crippen molar-refractivity contribution in [2.75, 3.05) is 0 Å². The molecule has 6 heteroatoms. The minimum atomic E-state index is -0.733. The summed E-state index contributed by atoms with van der Waals surface area (Å²) in [4.78, 5) is 35.6. The maximum atomic E-state index is 12.3. The Kier molecular flexibility index (Phi) is 3.82. The Balaban J connectivity index is 1.94. The summed E-state index contributed by atoms with van der Waals surface area (Å²) in [6, 6.07) is 10.2. The van der Waals surface area contributed by atoms with Gasteiger partial charge in [-0.3, -0.25) is 19.7 Å². The van der Waals surface area contributed by atoms with Crippen molar-refractivity contribution in [2.45, 2.75) is 25.3 Å². The second kappa shape index (κ2) is 5.93. The average molecular weight is 297 g/mol. The number of carbonyl (C=O) groups is 2. The zero-order valence-corrected chi connectivity index (χ0v) is 11.9. The fourth-order valence-electron chi connectivity index (χ4n) is 2.54. The van der Waals surface area contributed by atoms with Crippen molar-refractivity contribution in [1.29, 1.82) is 0 Å². The molecule has 22 heavy (non-hydrogen) atoms. The van der Waals surface area contributed by atoms with Crippen molar-refractivity contribution in [3.63, 3.8) is 0 Å². The van der Waals surface area contributed by atoms with Crippen molar-refractivity contribution in [2.24, 2.45) is 0 Å². The molecule has 1 fully saturated rings. The van der Waals surface area contributed by atoms with E-state index in [0.29, 0.717) is 24.8 Å². The highest BCUT2D eigenvalue weighted by Gasteiger charge is 2.27. The van der Waals surface area contributed by atoms with E-state index in [1.54, 1.807) is 6.20 Å². The highest BCUT2D eigenvalue weighted by molar-refractivity contribution is 5.97. The molecule has 1 saturated heterocycles. The molecule has 1 aromatic carbocycles. The predicted octanol–water partition coefficient (Wildman–Crippen LogP) is 1.28. The van der Waals surface area contributed by atoms with Gasteiger partial charge in [0, 0.05) is 18.1 Å². The Hall–Kier alpha value is -2.76. The number of nitrogens with one attached hydrogen (secondary N) is 1. The predicted molar refractivity (Wildman–Crippen MR) is 80.0 cm³/mol. The molecule has 0 saturated carbocycles. The van der Waals surface area contributed by atoms with Crippen molar-refractivity contribution >= 4 is 11.8 Å². The first kappa shape index (κ1) is 14.2. The SMILES string of the molecule is O=C1CCCC(n2ncc(-c3ccccc3)cc2=O)C(=O)N1. The summed E-state index contributed by atoms with van der Waals surface area (Å²) in [6.45, 7) is 0. The smallest absolute Gasteiger partial charge is 0.268 e. The molecular weight excluding hydrogens is 282 g/mol. The van der Waals surface area contributed by atoms with Crippen LogP contribution in [0.3, 0.4) is 0 Å². The Morgan fingerprint density at radius 3 is 2.59 bits per heavy atom. The van der Waals surface area contributed by atoms with Crippen LogP contribution in [0.4, 0.5) is 0 Å². The number of nitrogens with zero attached hydrogens (tertiary/aromatic N) is 2. The van der Waals surface area contributed by atoms with Gasteiger partial charge in [0.15, 0.2) is 0 Å². The van der Waals surface area contributed by atoms with Crippen LogP contribution in [0.15, 0.2) is 47.4 Å². The molecule has 3 rings (SSSR count). The van der Waals surface area contributed by atoms with Gasteiger partial charge in [-0.1, -0.05) is 30.3 Å². The summed E-state index contributed by atoms with van der Waals surface area (Å²) in [5.41, 5.74) is 1.24. The lowest BCUT2D eigenvalue weighted by Crippen LogP contribution is -2.38. The quantitative estimate of drug-likeness (QED) is 0.847. The molecule has 1 N–H and O–H groups in total. The van der Waals surface area contributed by atoms with Crippen LogP contribution in [0.1, 0.15) is 25.3 Å². The third kappa shape index (κ3) is 2.81. The summed E-state index contributed by atoms with van der Waals surface area (Å²) in [6.07, 6.45) is 2.84. The Bertz CT molecular complexity index is 768. The van der Waals surface area contributed by atoms with Gasteiger partial charge in [0.1, 0.15) is 6.04 Å². The first-order chi connectivity index (χ1) is 10.6. The van der Waals surface area contributed by atoms with Gasteiger partial charge >= 0.3 is 0 Å². The lowest BCUT2D eigenvalue weighted by Gasteiger charge is -2.14. The lowest BCUT2D eigenvalue weighted by molar-refractivity contribution is -0.131. The second-order valence-electron chi connectivity index (χ2n) is 5.21. The van der Waals surface area contributed by atoms with E-state index in [9.17, 15) is 14.4 Å². The summed E-state index contributed by atoms with van der Waals surface area (Å²) >= 11 is 0. The first-order valence-electron chi connectivity index (χ1n) is 7.13. The van der Waals surface area contributed by atoms with E-state index in [1.807, 2.05) is 30.3 Å². The summed E-state index contributed by atoms with van der Waals surface area (Å²) < 4.78 is 1.15. The van der Waals surface area contributed by atoms with E-state index in [0.717, 1.165) is 10.2 Å². The summed E-state index contributed by atoms with van der Waals surface area (Å²) in [7, 11) is 0. The molecule has 0 bridgehead atoms. The fourth-order valence-corrected chi connectivity index (χ4v) is 2.54. The number of rotatable bonds is 2. The van der Waals surface area contributed by atoms with Crippen molar-refractivity contribution in [3.8, 4) is 11.1 Å². The van der Waals surface area contributed by atoms with E-state index in [2.05, 4.69) is 10.4 Å². The minimum Gasteiger partial charge on any atom is -0.295 e. The molecular formula is C16H15N3O3. The Morgan fingerprint density at radius 2 is 1.86 bits per heavy atom. The molecule has 0 spiro atoms. The van der Waals surface area contributed by atoms with Gasteiger partial charge in [-0.2, -0.15) is 5.10 Å². The normalized spacial score (nSPS) is 18.6. The van der Waals surface area contributed by atoms with Crippen LogP contribution in [-0.4, -0.2) is 21.6 Å². The van der Waals surface area contributed by atoms with Crippen LogP contribution in [0.2, 0.25) is 0 Å². The number of benzene rings is 1. The van der Waals surface area contributed by atoms with E-state index in [4.69, 9.17) is 0 Å². The van der Waals surface area contributed by atoms with Crippen LogP contribution in [0.5, 0.6) is 0 Å². The van der Waals surface area contributed by atoms with Crippen LogP contribution >= 0.6 is 0 Å². The molecule has 112 valence electrons. The molecule has 0 radical (unpaired) electrons.